The molecule has 2 amide bonds. The van der Waals surface area contributed by atoms with Crippen LogP contribution in [0.4, 0.5) is 4.39 Å². The highest BCUT2D eigenvalue weighted by molar-refractivity contribution is 7.12. The Morgan fingerprint density at radius 1 is 1.30 bits per heavy atom. The molecule has 1 aliphatic heterocycles. The predicted molar refractivity (Wildman–Crippen MR) is 86.8 cm³/mol. The number of nitrogens with one attached hydrogen (secondary N) is 1. The lowest BCUT2D eigenvalue weighted by atomic mass is 10.00. The lowest BCUT2D eigenvalue weighted by Gasteiger charge is -2.26. The largest absolute Gasteiger partial charge is 0.346 e. The number of likely N-dealkylation sites (N-methyl/N-ethyl adjacent to an activating group) is 1. The Balaban J connectivity index is 1.85. The van der Waals surface area contributed by atoms with Crippen LogP contribution in [-0.2, 0) is 4.79 Å². The van der Waals surface area contributed by atoms with Crippen molar-refractivity contribution in [2.45, 2.75) is 25.4 Å². The molecule has 3 rings (SSSR count). The normalized spacial score (nSPS) is 20.8. The molecule has 0 unspecified atom stereocenters. The van der Waals surface area contributed by atoms with Gasteiger partial charge < -0.3 is 10.2 Å². The molecule has 1 aromatic carbocycles. The van der Waals surface area contributed by atoms with E-state index in [1.54, 1.807) is 24.1 Å². The van der Waals surface area contributed by atoms with Gasteiger partial charge in [-0.15, -0.1) is 11.3 Å². The van der Waals surface area contributed by atoms with Crippen LogP contribution in [0, 0.1) is 12.7 Å². The minimum Gasteiger partial charge on any atom is -0.346 e. The number of aryl methyl sites for hydroxylation is 1. The van der Waals surface area contributed by atoms with Crippen LogP contribution < -0.4 is 5.32 Å². The quantitative estimate of drug-likeness (QED) is 0.939. The summed E-state index contributed by atoms with van der Waals surface area (Å²) in [6, 6.07) is 7.33. The van der Waals surface area contributed by atoms with Crippen LogP contribution >= 0.6 is 11.3 Å². The Hall–Kier alpha value is -2.21. The maximum absolute atomic E-state index is 13.1. The molecule has 4 nitrogen and oxygen atoms in total. The SMILES string of the molecule is Cc1ccsc1C(=O)N[C@H]1CC(=O)N(C)[C@H]1c1ccc(F)cc1. The van der Waals surface area contributed by atoms with Gasteiger partial charge in [0.25, 0.3) is 5.91 Å². The highest BCUT2D eigenvalue weighted by Crippen LogP contribution is 2.32. The van der Waals surface area contributed by atoms with Crippen LogP contribution in [0.1, 0.15) is 33.3 Å². The molecule has 1 aromatic heterocycles. The first-order valence-electron chi connectivity index (χ1n) is 7.33. The first-order valence-corrected chi connectivity index (χ1v) is 8.21. The molecular formula is C17H17FN2O2S. The number of carbonyl (C=O) groups excluding carboxylic acids is 2. The second-order valence-electron chi connectivity index (χ2n) is 5.72. The van der Waals surface area contributed by atoms with Gasteiger partial charge in [-0.2, -0.15) is 0 Å². The van der Waals surface area contributed by atoms with Gasteiger partial charge in [0.05, 0.1) is 17.0 Å². The van der Waals surface area contributed by atoms with E-state index in [2.05, 4.69) is 5.32 Å². The van der Waals surface area contributed by atoms with Gasteiger partial charge in [0.15, 0.2) is 0 Å². The molecule has 2 atom stereocenters. The van der Waals surface area contributed by atoms with Crippen molar-refractivity contribution in [3.63, 3.8) is 0 Å². The van der Waals surface area contributed by atoms with Crippen molar-refractivity contribution in [1.82, 2.24) is 10.2 Å². The van der Waals surface area contributed by atoms with Crippen LogP contribution in [0.25, 0.3) is 0 Å². The summed E-state index contributed by atoms with van der Waals surface area (Å²) >= 11 is 1.38. The van der Waals surface area contributed by atoms with Gasteiger partial charge in [-0.1, -0.05) is 12.1 Å². The Morgan fingerprint density at radius 3 is 2.61 bits per heavy atom. The summed E-state index contributed by atoms with van der Waals surface area (Å²) in [5.74, 6) is -0.527. The van der Waals surface area contributed by atoms with Crippen molar-refractivity contribution in [3.8, 4) is 0 Å². The van der Waals surface area contributed by atoms with Crippen molar-refractivity contribution >= 4 is 23.2 Å². The fourth-order valence-electron chi connectivity index (χ4n) is 2.95. The zero-order valence-electron chi connectivity index (χ0n) is 12.9. The van der Waals surface area contributed by atoms with E-state index in [9.17, 15) is 14.0 Å². The fraction of sp³-hybridized carbons (Fsp3) is 0.294. The number of carbonyl (C=O) groups is 2. The molecule has 1 N–H and O–H groups in total. The topological polar surface area (TPSA) is 49.4 Å². The first-order chi connectivity index (χ1) is 11.0. The standard InChI is InChI=1S/C17H17FN2O2S/c1-10-7-8-23-16(10)17(22)19-13-9-14(21)20(2)15(13)11-3-5-12(18)6-4-11/h3-8,13,15H,9H2,1-2H3,(H,19,22)/t13-,15-/m0/s1. The summed E-state index contributed by atoms with van der Waals surface area (Å²) in [5.41, 5.74) is 1.73. The summed E-state index contributed by atoms with van der Waals surface area (Å²) in [4.78, 5) is 26.8. The average molecular weight is 332 g/mol. The van der Waals surface area contributed by atoms with Gasteiger partial charge in [-0.25, -0.2) is 4.39 Å². The number of benzene rings is 1. The van der Waals surface area contributed by atoms with E-state index in [1.165, 1.54) is 23.5 Å². The number of likely N-dealkylation sites (tertiary alicyclic amines) is 1. The van der Waals surface area contributed by atoms with Gasteiger partial charge >= 0.3 is 0 Å². The fourth-order valence-corrected chi connectivity index (χ4v) is 3.78. The zero-order chi connectivity index (χ0) is 16.6. The highest BCUT2D eigenvalue weighted by atomic mass is 32.1. The predicted octanol–water partition coefficient (Wildman–Crippen LogP) is 2.90. The van der Waals surface area contributed by atoms with E-state index < -0.39 is 0 Å². The number of nitrogens with zero attached hydrogens (tertiary/aromatic N) is 1. The Labute approximate surface area is 137 Å². The summed E-state index contributed by atoms with van der Waals surface area (Å²) in [6.45, 7) is 1.88. The second kappa shape index (κ2) is 6.12. The van der Waals surface area contributed by atoms with Crippen molar-refractivity contribution < 1.29 is 14.0 Å². The number of hydrogen-bond donors (Lipinski definition) is 1. The van der Waals surface area contributed by atoms with Crippen LogP contribution in [0.5, 0.6) is 0 Å². The summed E-state index contributed by atoms with van der Waals surface area (Å²) in [7, 11) is 1.71. The molecule has 1 fully saturated rings. The molecule has 6 heteroatoms. The molecule has 120 valence electrons. The van der Waals surface area contributed by atoms with Crippen molar-refractivity contribution in [3.05, 3.63) is 57.5 Å². The number of hydrogen-bond acceptors (Lipinski definition) is 3. The highest BCUT2D eigenvalue weighted by Gasteiger charge is 2.39. The van der Waals surface area contributed by atoms with E-state index in [4.69, 9.17) is 0 Å². The van der Waals surface area contributed by atoms with Gasteiger partial charge in [0, 0.05) is 13.5 Å². The third-order valence-corrected chi connectivity index (χ3v) is 5.20. The van der Waals surface area contributed by atoms with Crippen LogP contribution in [0.3, 0.4) is 0 Å². The van der Waals surface area contributed by atoms with Crippen molar-refractivity contribution in [2.75, 3.05) is 7.05 Å². The number of halogens is 1. The van der Waals surface area contributed by atoms with E-state index >= 15 is 0 Å². The molecule has 0 bridgehead atoms. The molecule has 0 aliphatic carbocycles. The molecular weight excluding hydrogens is 315 g/mol. The number of thiophene rings is 1. The van der Waals surface area contributed by atoms with Crippen LogP contribution in [-0.4, -0.2) is 29.8 Å². The smallest absolute Gasteiger partial charge is 0.261 e. The second-order valence-corrected chi connectivity index (χ2v) is 6.63. The monoisotopic (exact) mass is 332 g/mol. The molecule has 0 spiro atoms. The maximum atomic E-state index is 13.1. The van der Waals surface area contributed by atoms with E-state index in [-0.39, 0.29) is 36.1 Å². The number of amides is 2. The minimum absolute atomic E-state index is 0.0347. The van der Waals surface area contributed by atoms with E-state index in [0.29, 0.717) is 4.88 Å². The molecule has 1 aliphatic rings. The van der Waals surface area contributed by atoms with Gasteiger partial charge in [0.1, 0.15) is 5.82 Å². The van der Waals surface area contributed by atoms with Crippen molar-refractivity contribution in [1.29, 1.82) is 0 Å². The van der Waals surface area contributed by atoms with E-state index in [0.717, 1.165) is 11.1 Å². The van der Waals surface area contributed by atoms with Gasteiger partial charge in [-0.05, 0) is 41.6 Å². The summed E-state index contributed by atoms with van der Waals surface area (Å²) < 4.78 is 13.1. The van der Waals surface area contributed by atoms with Crippen molar-refractivity contribution in [2.24, 2.45) is 0 Å². The molecule has 23 heavy (non-hydrogen) atoms. The molecule has 2 heterocycles. The van der Waals surface area contributed by atoms with Crippen LogP contribution in [0.2, 0.25) is 0 Å². The minimum atomic E-state index is -0.327. The third-order valence-electron chi connectivity index (χ3n) is 4.18. The van der Waals surface area contributed by atoms with Crippen LogP contribution in [0.15, 0.2) is 35.7 Å². The molecule has 2 aromatic rings. The molecule has 1 saturated heterocycles. The maximum Gasteiger partial charge on any atom is 0.261 e. The third kappa shape index (κ3) is 2.99. The summed E-state index contributed by atoms with van der Waals surface area (Å²) in [5, 5.41) is 4.83. The van der Waals surface area contributed by atoms with Gasteiger partial charge in [0.2, 0.25) is 5.91 Å². The lowest BCUT2D eigenvalue weighted by Crippen LogP contribution is -2.38. The van der Waals surface area contributed by atoms with E-state index in [1.807, 2.05) is 18.4 Å². The Morgan fingerprint density at radius 2 is 2.00 bits per heavy atom. The average Bonchev–Trinajstić information content (AvgIpc) is 3.05. The molecule has 0 saturated carbocycles. The zero-order valence-corrected chi connectivity index (χ0v) is 13.7. The summed E-state index contributed by atoms with van der Waals surface area (Å²) in [6.07, 6.45) is 0.245. The first kappa shape index (κ1) is 15.7. The van der Waals surface area contributed by atoms with Gasteiger partial charge in [-0.3, -0.25) is 9.59 Å². The lowest BCUT2D eigenvalue weighted by molar-refractivity contribution is -0.127. The number of rotatable bonds is 3. The Bertz CT molecular complexity index is 741. The Kier molecular flexibility index (Phi) is 4.17. The molecule has 0 radical (unpaired) electrons.